The summed E-state index contributed by atoms with van der Waals surface area (Å²) in [5.74, 6) is -0.463. The minimum absolute atomic E-state index is 0. The molecule has 0 saturated carbocycles. The van der Waals surface area contributed by atoms with Crippen LogP contribution >= 0.6 is 11.6 Å². The van der Waals surface area contributed by atoms with E-state index in [1.54, 1.807) is 0 Å². The smallest absolute Gasteiger partial charge is 0.416 e. The Bertz CT molecular complexity index is 1000. The van der Waals surface area contributed by atoms with E-state index >= 15 is 0 Å². The number of nitrogens with zero attached hydrogens (tertiary/aromatic N) is 2. The van der Waals surface area contributed by atoms with Crippen LogP contribution in [0.3, 0.4) is 0 Å². The molecule has 0 bridgehead atoms. The molecule has 28 heavy (non-hydrogen) atoms. The van der Waals surface area contributed by atoms with Gasteiger partial charge in [0, 0.05) is 23.1 Å². The zero-order valence-electron chi connectivity index (χ0n) is 14.5. The lowest BCUT2D eigenvalue weighted by Gasteiger charge is -2.06. The Morgan fingerprint density at radius 2 is 1.82 bits per heavy atom. The van der Waals surface area contributed by atoms with Crippen LogP contribution in [0.2, 0.25) is 5.02 Å². The minimum Gasteiger partial charge on any atom is -1.00 e. The largest absolute Gasteiger partial charge is 1.00 e. The molecular formula is C18H16Cl2F3N3O2. The number of carbonyl (C=O) groups is 1. The molecule has 0 unspecified atom stereocenters. The predicted octanol–water partition coefficient (Wildman–Crippen LogP) is -0.186. The summed E-state index contributed by atoms with van der Waals surface area (Å²) < 4.78 is 40.2. The molecule has 0 atom stereocenters. The van der Waals surface area contributed by atoms with Gasteiger partial charge in [0.15, 0.2) is 5.69 Å². The number of aromatic nitrogens is 2. The minimum atomic E-state index is -4.59. The van der Waals surface area contributed by atoms with E-state index in [0.717, 1.165) is 22.9 Å². The molecule has 0 spiro atoms. The topological polar surface area (TPSA) is 76.6 Å². The van der Waals surface area contributed by atoms with E-state index < -0.39 is 17.5 Å². The lowest BCUT2D eigenvalue weighted by molar-refractivity contribution is -0.670. The summed E-state index contributed by atoms with van der Waals surface area (Å²) in [5, 5.41) is 13.3. The fourth-order valence-electron chi connectivity index (χ4n) is 2.87. The summed E-state index contributed by atoms with van der Waals surface area (Å²) in [5.41, 5.74) is 2.89. The average molecular weight is 434 g/mol. The van der Waals surface area contributed by atoms with Crippen molar-refractivity contribution in [1.29, 1.82) is 0 Å². The Hall–Kier alpha value is -2.29. The third kappa shape index (κ3) is 4.09. The normalized spacial score (nSPS) is 11.5. The van der Waals surface area contributed by atoms with Crippen molar-refractivity contribution < 1.29 is 41.0 Å². The zero-order chi connectivity index (χ0) is 19.8. The van der Waals surface area contributed by atoms with Crippen LogP contribution in [-0.2, 0) is 12.7 Å². The molecule has 0 radical (unpaired) electrons. The number of ketones is 1. The second-order valence-corrected chi connectivity index (χ2v) is 6.45. The summed E-state index contributed by atoms with van der Waals surface area (Å²) in [6, 6.07) is 8.88. The molecular weight excluding hydrogens is 418 g/mol. The molecule has 1 aromatic heterocycles. The van der Waals surface area contributed by atoms with E-state index in [1.165, 1.54) is 24.3 Å². The lowest BCUT2D eigenvalue weighted by Crippen LogP contribution is -3.00. The van der Waals surface area contributed by atoms with Crippen LogP contribution in [-0.4, -0.2) is 17.0 Å². The Morgan fingerprint density at radius 3 is 2.39 bits per heavy atom. The summed E-state index contributed by atoms with van der Waals surface area (Å²) in [7, 11) is 0. The van der Waals surface area contributed by atoms with Crippen LogP contribution in [0, 0.1) is 5.21 Å². The van der Waals surface area contributed by atoms with E-state index in [0.29, 0.717) is 22.8 Å². The maximum atomic E-state index is 13.0. The fourth-order valence-corrected chi connectivity index (χ4v) is 2.99. The Balaban J connectivity index is 0.00000280. The van der Waals surface area contributed by atoms with Gasteiger partial charge in [-0.25, -0.2) is 0 Å². The van der Waals surface area contributed by atoms with Crippen LogP contribution in [0.1, 0.15) is 28.0 Å². The van der Waals surface area contributed by atoms with Crippen molar-refractivity contribution in [3.05, 3.63) is 69.5 Å². The van der Waals surface area contributed by atoms with E-state index in [2.05, 4.69) is 5.73 Å². The standard InChI is InChI=1S/C18H15ClF3N3O2.ClH/c19-13-5-2-11(3-6-13)17(26)16-14-7-4-12(18(20,21)22)10-15(14)25(27)24(16)9-1-8-23;/h2-7,10H,1,8-9,23H2;1H. The molecule has 5 nitrogen and oxygen atoms in total. The Morgan fingerprint density at radius 1 is 1.18 bits per heavy atom. The van der Waals surface area contributed by atoms with Gasteiger partial charge in [-0.3, -0.25) is 4.79 Å². The van der Waals surface area contributed by atoms with E-state index in [1.807, 2.05) is 0 Å². The number of alkyl halides is 3. The maximum absolute atomic E-state index is 13.0. The number of hydrogen-bond acceptors (Lipinski definition) is 2. The first-order valence-electron chi connectivity index (χ1n) is 8.17. The maximum Gasteiger partial charge on any atom is 0.416 e. The van der Waals surface area contributed by atoms with Gasteiger partial charge >= 0.3 is 6.18 Å². The van der Waals surface area contributed by atoms with Gasteiger partial charge in [-0.1, -0.05) is 16.4 Å². The number of halogens is 5. The van der Waals surface area contributed by atoms with Gasteiger partial charge < -0.3 is 23.3 Å². The van der Waals surface area contributed by atoms with Crippen LogP contribution in [0.5, 0.6) is 0 Å². The molecule has 2 aromatic carbocycles. The molecule has 0 aliphatic rings. The highest BCUT2D eigenvalue weighted by Crippen LogP contribution is 2.32. The van der Waals surface area contributed by atoms with Crippen molar-refractivity contribution in [3.8, 4) is 0 Å². The highest BCUT2D eigenvalue weighted by atomic mass is 35.5. The number of benzene rings is 2. The van der Waals surface area contributed by atoms with Crippen molar-refractivity contribution in [1.82, 2.24) is 4.68 Å². The SMILES string of the molecule is [Cl-].[NH3+]CCCn1c(C(=O)c2ccc(Cl)cc2)c2ccc(C(F)(F)F)cc2[n+]1[O-]. The van der Waals surface area contributed by atoms with Crippen LogP contribution in [0.25, 0.3) is 10.9 Å². The molecule has 0 aliphatic heterocycles. The number of quaternary nitrogens is 1. The first kappa shape index (κ1) is 22.0. The molecule has 1 heterocycles. The molecule has 3 aromatic rings. The van der Waals surface area contributed by atoms with Gasteiger partial charge in [-0.05, 0) is 36.4 Å². The second kappa shape index (κ2) is 8.38. The molecule has 0 amide bonds. The number of hydrogen-bond donors (Lipinski definition) is 1. The van der Waals surface area contributed by atoms with Gasteiger partial charge in [-0.2, -0.15) is 13.2 Å². The summed E-state index contributed by atoms with van der Waals surface area (Å²) in [6.45, 7) is 0.675. The van der Waals surface area contributed by atoms with Gasteiger partial charge in [0.05, 0.1) is 24.0 Å². The molecule has 3 N–H and O–H groups in total. The number of rotatable bonds is 5. The highest BCUT2D eigenvalue weighted by molar-refractivity contribution is 6.30. The molecule has 0 saturated heterocycles. The molecule has 0 fully saturated rings. The van der Waals surface area contributed by atoms with E-state index in [9.17, 15) is 23.2 Å². The quantitative estimate of drug-likeness (QED) is 0.344. The van der Waals surface area contributed by atoms with Crippen LogP contribution in [0.4, 0.5) is 13.2 Å². The molecule has 0 aliphatic carbocycles. The lowest BCUT2D eigenvalue weighted by atomic mass is 10.0. The van der Waals surface area contributed by atoms with Gasteiger partial charge in [0.25, 0.3) is 5.52 Å². The van der Waals surface area contributed by atoms with Crippen molar-refractivity contribution >= 4 is 28.3 Å². The monoisotopic (exact) mass is 433 g/mol. The van der Waals surface area contributed by atoms with E-state index in [4.69, 9.17) is 11.6 Å². The summed E-state index contributed by atoms with van der Waals surface area (Å²) in [6.07, 6.45) is -4.09. The predicted molar refractivity (Wildman–Crippen MR) is 93.2 cm³/mol. The fraction of sp³-hybridized carbons (Fsp3) is 0.222. The first-order valence-corrected chi connectivity index (χ1v) is 8.54. The molecule has 150 valence electrons. The molecule has 10 heteroatoms. The third-order valence-corrected chi connectivity index (χ3v) is 4.46. The Labute approximate surface area is 169 Å². The van der Waals surface area contributed by atoms with Gasteiger partial charge in [-0.15, -0.1) is 4.68 Å². The van der Waals surface area contributed by atoms with Gasteiger partial charge in [0.2, 0.25) is 5.78 Å². The summed E-state index contributed by atoms with van der Waals surface area (Å²) in [4.78, 5) is 13.3. The third-order valence-electron chi connectivity index (χ3n) is 4.21. The Kier molecular flexibility index (Phi) is 6.59. The van der Waals surface area contributed by atoms with Crippen molar-refractivity contribution in [2.45, 2.75) is 19.1 Å². The van der Waals surface area contributed by atoms with Crippen molar-refractivity contribution in [2.75, 3.05) is 6.54 Å². The highest BCUT2D eigenvalue weighted by Gasteiger charge is 2.34. The van der Waals surface area contributed by atoms with Crippen molar-refractivity contribution in [3.63, 3.8) is 0 Å². The van der Waals surface area contributed by atoms with Gasteiger partial charge in [0.1, 0.15) is 0 Å². The van der Waals surface area contributed by atoms with Crippen molar-refractivity contribution in [2.24, 2.45) is 0 Å². The number of fused-ring (bicyclic) bond motifs is 1. The average Bonchev–Trinajstić information content (AvgIpc) is 2.91. The second-order valence-electron chi connectivity index (χ2n) is 6.02. The summed E-state index contributed by atoms with van der Waals surface area (Å²) >= 11 is 5.84. The van der Waals surface area contributed by atoms with E-state index in [-0.39, 0.29) is 41.1 Å². The molecule has 3 rings (SSSR count). The first-order chi connectivity index (χ1) is 12.7. The van der Waals surface area contributed by atoms with Crippen LogP contribution in [0.15, 0.2) is 42.5 Å². The van der Waals surface area contributed by atoms with Crippen LogP contribution < -0.4 is 23.0 Å². The zero-order valence-corrected chi connectivity index (χ0v) is 16.0. The number of carbonyl (C=O) groups excluding carboxylic acids is 1.